The van der Waals surface area contributed by atoms with E-state index >= 15 is 0 Å². The normalized spacial score (nSPS) is 15.0. The summed E-state index contributed by atoms with van der Waals surface area (Å²) in [5.41, 5.74) is 1.58. The molecule has 1 aromatic heterocycles. The van der Waals surface area contributed by atoms with Crippen molar-refractivity contribution >= 4 is 17.5 Å². The molecule has 0 spiro atoms. The first-order valence-corrected chi connectivity index (χ1v) is 8.67. The first-order valence-electron chi connectivity index (χ1n) is 8.67. The molecule has 0 radical (unpaired) electrons. The minimum atomic E-state index is -0.230. The lowest BCUT2D eigenvalue weighted by Gasteiger charge is -2.30. The van der Waals surface area contributed by atoms with Gasteiger partial charge in [0.05, 0.1) is 18.1 Å². The molecule has 1 aliphatic heterocycles. The van der Waals surface area contributed by atoms with Crippen molar-refractivity contribution in [2.45, 2.75) is 26.7 Å². The topological polar surface area (TPSA) is 67.3 Å². The van der Waals surface area contributed by atoms with E-state index in [0.717, 1.165) is 43.4 Å². The highest BCUT2D eigenvalue weighted by molar-refractivity contribution is 5.91. The first-order chi connectivity index (χ1) is 12.1. The van der Waals surface area contributed by atoms with E-state index in [1.807, 2.05) is 31.2 Å². The van der Waals surface area contributed by atoms with Crippen LogP contribution in [0.5, 0.6) is 5.75 Å². The quantitative estimate of drug-likeness (QED) is 0.906. The van der Waals surface area contributed by atoms with Crippen LogP contribution in [0, 0.1) is 12.8 Å². The van der Waals surface area contributed by atoms with Gasteiger partial charge in [-0.25, -0.2) is 9.97 Å². The standard InChI is InChI=1S/C19H24N4O2/c1-14-7-9-23(10-8-14)19-20-11-16(12-21-19)22-18(24)13-25-17-6-4-3-5-15(17)2/h3-6,11-12,14H,7-10,13H2,1-2H3,(H,22,24). The molecule has 0 aliphatic carbocycles. The van der Waals surface area contributed by atoms with Gasteiger partial charge in [-0.15, -0.1) is 0 Å². The molecule has 6 heteroatoms. The van der Waals surface area contributed by atoms with Crippen LogP contribution in [0.4, 0.5) is 11.6 Å². The van der Waals surface area contributed by atoms with Crippen molar-refractivity contribution < 1.29 is 9.53 Å². The molecular formula is C19H24N4O2. The minimum Gasteiger partial charge on any atom is -0.483 e. The molecule has 1 N–H and O–H groups in total. The number of carbonyl (C=O) groups is 1. The van der Waals surface area contributed by atoms with E-state index in [0.29, 0.717) is 11.4 Å². The third-order valence-electron chi connectivity index (χ3n) is 4.44. The maximum absolute atomic E-state index is 12.0. The predicted octanol–water partition coefficient (Wildman–Crippen LogP) is 3.04. The van der Waals surface area contributed by atoms with Crippen molar-refractivity contribution in [2.24, 2.45) is 5.92 Å². The van der Waals surface area contributed by atoms with Crippen molar-refractivity contribution in [3.63, 3.8) is 0 Å². The lowest BCUT2D eigenvalue weighted by atomic mass is 10.00. The Kier molecular flexibility index (Phi) is 5.48. The molecule has 1 fully saturated rings. The van der Waals surface area contributed by atoms with Gasteiger partial charge in [-0.3, -0.25) is 4.79 Å². The third-order valence-corrected chi connectivity index (χ3v) is 4.44. The second kappa shape index (κ2) is 7.96. The smallest absolute Gasteiger partial charge is 0.262 e. The van der Waals surface area contributed by atoms with Crippen LogP contribution in [0.15, 0.2) is 36.7 Å². The van der Waals surface area contributed by atoms with E-state index in [-0.39, 0.29) is 12.5 Å². The molecule has 0 saturated carbocycles. The van der Waals surface area contributed by atoms with E-state index in [1.54, 1.807) is 12.4 Å². The molecule has 1 aromatic carbocycles. The molecule has 132 valence electrons. The Morgan fingerprint density at radius 3 is 2.60 bits per heavy atom. The Morgan fingerprint density at radius 2 is 1.92 bits per heavy atom. The van der Waals surface area contributed by atoms with Crippen LogP contribution in [0.25, 0.3) is 0 Å². The molecule has 3 rings (SSSR count). The summed E-state index contributed by atoms with van der Waals surface area (Å²) in [5, 5.41) is 2.76. The van der Waals surface area contributed by atoms with Crippen LogP contribution in [-0.4, -0.2) is 35.6 Å². The Morgan fingerprint density at radius 1 is 1.24 bits per heavy atom. The molecule has 2 heterocycles. The number of hydrogen-bond acceptors (Lipinski definition) is 5. The average molecular weight is 340 g/mol. The van der Waals surface area contributed by atoms with Gasteiger partial charge < -0.3 is 15.0 Å². The fourth-order valence-corrected chi connectivity index (χ4v) is 2.82. The monoisotopic (exact) mass is 340 g/mol. The summed E-state index contributed by atoms with van der Waals surface area (Å²) in [6, 6.07) is 7.61. The summed E-state index contributed by atoms with van der Waals surface area (Å²) in [6.45, 7) is 6.14. The number of nitrogens with one attached hydrogen (secondary N) is 1. The van der Waals surface area contributed by atoms with E-state index in [1.165, 1.54) is 0 Å². The Bertz CT molecular complexity index is 710. The van der Waals surface area contributed by atoms with Gasteiger partial charge in [-0.2, -0.15) is 0 Å². The Hall–Kier alpha value is -2.63. The summed E-state index contributed by atoms with van der Waals surface area (Å²) < 4.78 is 5.54. The second-order valence-corrected chi connectivity index (χ2v) is 6.54. The molecule has 6 nitrogen and oxygen atoms in total. The van der Waals surface area contributed by atoms with Gasteiger partial charge in [0.25, 0.3) is 5.91 Å². The zero-order valence-electron chi connectivity index (χ0n) is 14.7. The number of anilines is 2. The van der Waals surface area contributed by atoms with Crippen molar-refractivity contribution in [3.8, 4) is 5.75 Å². The largest absolute Gasteiger partial charge is 0.483 e. The van der Waals surface area contributed by atoms with Gasteiger partial charge in [0.2, 0.25) is 5.95 Å². The van der Waals surface area contributed by atoms with Crippen molar-refractivity contribution in [3.05, 3.63) is 42.2 Å². The fraction of sp³-hybridized carbons (Fsp3) is 0.421. The van der Waals surface area contributed by atoms with Gasteiger partial charge in [0, 0.05) is 13.1 Å². The maximum atomic E-state index is 12.0. The van der Waals surface area contributed by atoms with E-state index < -0.39 is 0 Å². The summed E-state index contributed by atoms with van der Waals surface area (Å²) in [6.07, 6.45) is 5.62. The zero-order valence-corrected chi connectivity index (χ0v) is 14.7. The zero-order chi connectivity index (χ0) is 17.6. The molecule has 0 bridgehead atoms. The van der Waals surface area contributed by atoms with Crippen LogP contribution in [0.3, 0.4) is 0 Å². The van der Waals surface area contributed by atoms with Gasteiger partial charge >= 0.3 is 0 Å². The lowest BCUT2D eigenvalue weighted by molar-refractivity contribution is -0.118. The highest BCUT2D eigenvalue weighted by Crippen LogP contribution is 2.20. The summed E-state index contributed by atoms with van der Waals surface area (Å²) in [4.78, 5) is 22.9. The lowest BCUT2D eigenvalue weighted by Crippen LogP contribution is -2.34. The van der Waals surface area contributed by atoms with Crippen molar-refractivity contribution in [2.75, 3.05) is 29.9 Å². The molecule has 1 amide bonds. The second-order valence-electron chi connectivity index (χ2n) is 6.54. The summed E-state index contributed by atoms with van der Waals surface area (Å²) in [7, 11) is 0. The number of rotatable bonds is 5. The van der Waals surface area contributed by atoms with E-state index in [9.17, 15) is 4.79 Å². The van der Waals surface area contributed by atoms with Gasteiger partial charge in [-0.1, -0.05) is 25.1 Å². The van der Waals surface area contributed by atoms with Crippen LogP contribution >= 0.6 is 0 Å². The number of benzene rings is 1. The fourth-order valence-electron chi connectivity index (χ4n) is 2.82. The molecule has 0 atom stereocenters. The SMILES string of the molecule is Cc1ccccc1OCC(=O)Nc1cnc(N2CCC(C)CC2)nc1. The minimum absolute atomic E-state index is 0.0450. The van der Waals surface area contributed by atoms with Crippen molar-refractivity contribution in [1.82, 2.24) is 9.97 Å². The Labute approximate surface area is 148 Å². The van der Waals surface area contributed by atoms with Gasteiger partial charge in [0.1, 0.15) is 5.75 Å². The number of para-hydroxylation sites is 1. The number of nitrogens with zero attached hydrogens (tertiary/aromatic N) is 3. The number of ether oxygens (including phenoxy) is 1. The van der Waals surface area contributed by atoms with Crippen molar-refractivity contribution in [1.29, 1.82) is 0 Å². The molecule has 25 heavy (non-hydrogen) atoms. The number of carbonyl (C=O) groups excluding carboxylic acids is 1. The van der Waals surface area contributed by atoms with Crippen LogP contribution in [-0.2, 0) is 4.79 Å². The number of amides is 1. The van der Waals surface area contributed by atoms with Gasteiger partial charge in [-0.05, 0) is 37.3 Å². The predicted molar refractivity (Wildman–Crippen MR) is 97.9 cm³/mol. The van der Waals surface area contributed by atoms with E-state index in [2.05, 4.69) is 27.1 Å². The molecular weight excluding hydrogens is 316 g/mol. The maximum Gasteiger partial charge on any atom is 0.262 e. The molecule has 1 saturated heterocycles. The first kappa shape index (κ1) is 17.2. The van der Waals surface area contributed by atoms with Crippen LogP contribution in [0.1, 0.15) is 25.3 Å². The average Bonchev–Trinajstić information content (AvgIpc) is 2.62. The molecule has 2 aromatic rings. The summed E-state index contributed by atoms with van der Waals surface area (Å²) in [5.74, 6) is 1.97. The number of piperidine rings is 1. The third kappa shape index (κ3) is 4.68. The van der Waals surface area contributed by atoms with Crippen LogP contribution in [0.2, 0.25) is 0 Å². The highest BCUT2D eigenvalue weighted by Gasteiger charge is 2.17. The summed E-state index contributed by atoms with van der Waals surface area (Å²) >= 11 is 0. The number of aryl methyl sites for hydroxylation is 1. The van der Waals surface area contributed by atoms with Gasteiger partial charge in [0.15, 0.2) is 6.61 Å². The Balaban J connectivity index is 1.51. The highest BCUT2D eigenvalue weighted by atomic mass is 16.5. The molecule has 0 unspecified atom stereocenters. The number of aromatic nitrogens is 2. The number of hydrogen-bond donors (Lipinski definition) is 1. The molecule has 1 aliphatic rings. The van der Waals surface area contributed by atoms with E-state index in [4.69, 9.17) is 4.74 Å². The van der Waals surface area contributed by atoms with Crippen LogP contribution < -0.4 is 15.0 Å².